The van der Waals surface area contributed by atoms with Crippen LogP contribution in [0.2, 0.25) is 0 Å². The molecule has 1 heterocycles. The average molecular weight is 228 g/mol. The van der Waals surface area contributed by atoms with Gasteiger partial charge in [-0.05, 0) is 0 Å². The molecule has 0 aromatic carbocycles. The predicted molar refractivity (Wildman–Crippen MR) is 52.1 cm³/mol. The van der Waals surface area contributed by atoms with Gasteiger partial charge in [-0.1, -0.05) is 0 Å². The van der Waals surface area contributed by atoms with Crippen LogP contribution in [0.15, 0.2) is 6.07 Å². The molecule has 0 aliphatic rings. The zero-order valence-electron chi connectivity index (χ0n) is 9.22. The Morgan fingerprint density at radius 2 is 2.00 bits per heavy atom. The van der Waals surface area contributed by atoms with Crippen molar-refractivity contribution in [3.05, 3.63) is 11.8 Å². The van der Waals surface area contributed by atoms with Crippen molar-refractivity contribution >= 4 is 11.9 Å². The molecule has 1 rings (SSSR count). The van der Waals surface area contributed by atoms with E-state index in [1.54, 1.807) is 0 Å². The van der Waals surface area contributed by atoms with Gasteiger partial charge in [0.2, 0.25) is 5.88 Å². The summed E-state index contributed by atoms with van der Waals surface area (Å²) in [5.41, 5.74) is 0.0725. The number of aromatic nitrogens is 2. The molecule has 0 unspecified atom stereocenters. The van der Waals surface area contributed by atoms with Gasteiger partial charge in [-0.2, -0.15) is 5.10 Å². The third kappa shape index (κ3) is 2.50. The SMILES string of the molecule is COC(=O)Cn1nc(C(=O)OC)cc1OC. The Kier molecular flexibility index (Phi) is 3.87. The Labute approximate surface area is 91.9 Å². The second-order valence-corrected chi connectivity index (χ2v) is 2.80. The summed E-state index contributed by atoms with van der Waals surface area (Å²) in [4.78, 5) is 22.2. The highest BCUT2D eigenvalue weighted by Crippen LogP contribution is 2.13. The van der Waals surface area contributed by atoms with Crippen LogP contribution < -0.4 is 4.74 Å². The molecular weight excluding hydrogens is 216 g/mol. The van der Waals surface area contributed by atoms with Crippen molar-refractivity contribution in [2.24, 2.45) is 0 Å². The second-order valence-electron chi connectivity index (χ2n) is 2.80. The summed E-state index contributed by atoms with van der Waals surface area (Å²) in [6.45, 7) is -0.128. The molecule has 0 amide bonds. The topological polar surface area (TPSA) is 79.7 Å². The summed E-state index contributed by atoms with van der Waals surface area (Å²) < 4.78 is 15.1. The van der Waals surface area contributed by atoms with E-state index in [4.69, 9.17) is 4.74 Å². The number of methoxy groups -OCH3 is 3. The highest BCUT2D eigenvalue weighted by Gasteiger charge is 2.16. The van der Waals surface area contributed by atoms with E-state index in [0.717, 1.165) is 0 Å². The number of hydrogen-bond acceptors (Lipinski definition) is 6. The van der Waals surface area contributed by atoms with Gasteiger partial charge in [0.05, 0.1) is 21.3 Å². The van der Waals surface area contributed by atoms with E-state index in [1.807, 2.05) is 0 Å². The molecule has 0 atom stereocenters. The summed E-state index contributed by atoms with van der Waals surface area (Å²) in [6.07, 6.45) is 0. The van der Waals surface area contributed by atoms with Crippen molar-refractivity contribution in [2.45, 2.75) is 6.54 Å². The molecule has 0 fully saturated rings. The Morgan fingerprint density at radius 3 is 2.50 bits per heavy atom. The van der Waals surface area contributed by atoms with Crippen molar-refractivity contribution in [2.75, 3.05) is 21.3 Å². The number of carbonyl (C=O) groups excluding carboxylic acids is 2. The quantitative estimate of drug-likeness (QED) is 0.667. The molecule has 0 N–H and O–H groups in total. The fraction of sp³-hybridized carbons (Fsp3) is 0.444. The molecule has 0 bridgehead atoms. The van der Waals surface area contributed by atoms with Gasteiger partial charge in [-0.25, -0.2) is 9.48 Å². The van der Waals surface area contributed by atoms with E-state index in [-0.39, 0.29) is 18.1 Å². The number of nitrogens with zero attached hydrogens (tertiary/aromatic N) is 2. The molecule has 1 aromatic heterocycles. The van der Waals surface area contributed by atoms with Crippen molar-refractivity contribution in [1.29, 1.82) is 0 Å². The zero-order chi connectivity index (χ0) is 12.1. The minimum absolute atomic E-state index is 0.0725. The van der Waals surface area contributed by atoms with Crippen LogP contribution in [-0.2, 0) is 20.8 Å². The maximum Gasteiger partial charge on any atom is 0.358 e. The highest BCUT2D eigenvalue weighted by atomic mass is 16.5. The van der Waals surface area contributed by atoms with Crippen LogP contribution in [-0.4, -0.2) is 43.0 Å². The Balaban J connectivity index is 2.94. The van der Waals surface area contributed by atoms with E-state index >= 15 is 0 Å². The van der Waals surface area contributed by atoms with Gasteiger partial charge in [0.15, 0.2) is 5.69 Å². The van der Waals surface area contributed by atoms with Crippen LogP contribution >= 0.6 is 0 Å². The lowest BCUT2D eigenvalue weighted by molar-refractivity contribution is -0.141. The molecule has 0 spiro atoms. The fourth-order valence-electron chi connectivity index (χ4n) is 1.07. The summed E-state index contributed by atoms with van der Waals surface area (Å²) in [7, 11) is 3.92. The van der Waals surface area contributed by atoms with Crippen LogP contribution in [0, 0.1) is 0 Å². The number of hydrogen-bond donors (Lipinski definition) is 0. The molecule has 16 heavy (non-hydrogen) atoms. The van der Waals surface area contributed by atoms with Crippen molar-refractivity contribution in [3.8, 4) is 5.88 Å². The van der Waals surface area contributed by atoms with E-state index < -0.39 is 11.9 Å². The van der Waals surface area contributed by atoms with E-state index in [9.17, 15) is 9.59 Å². The Hall–Kier alpha value is -2.05. The monoisotopic (exact) mass is 228 g/mol. The first-order chi connectivity index (χ1) is 7.62. The molecular formula is C9H12N2O5. The molecule has 0 radical (unpaired) electrons. The van der Waals surface area contributed by atoms with E-state index in [0.29, 0.717) is 0 Å². The summed E-state index contributed by atoms with van der Waals surface area (Å²) >= 11 is 0. The highest BCUT2D eigenvalue weighted by molar-refractivity contribution is 5.87. The molecule has 7 nitrogen and oxygen atoms in total. The maximum atomic E-state index is 11.2. The van der Waals surface area contributed by atoms with Crippen molar-refractivity contribution in [1.82, 2.24) is 9.78 Å². The Bertz CT molecular complexity index is 399. The van der Waals surface area contributed by atoms with Gasteiger partial charge in [-0.15, -0.1) is 0 Å². The van der Waals surface area contributed by atoms with Crippen LogP contribution in [0.25, 0.3) is 0 Å². The molecule has 0 aliphatic carbocycles. The van der Waals surface area contributed by atoms with Crippen molar-refractivity contribution < 1.29 is 23.8 Å². The average Bonchev–Trinajstić information content (AvgIpc) is 2.70. The minimum Gasteiger partial charge on any atom is -0.481 e. The third-order valence-corrected chi connectivity index (χ3v) is 1.85. The van der Waals surface area contributed by atoms with Gasteiger partial charge in [0.1, 0.15) is 6.54 Å². The molecule has 88 valence electrons. The van der Waals surface area contributed by atoms with E-state index in [2.05, 4.69) is 14.6 Å². The van der Waals surface area contributed by atoms with Crippen LogP contribution in [0.4, 0.5) is 0 Å². The number of esters is 2. The predicted octanol–water partition coefficient (Wildman–Crippen LogP) is -0.149. The largest absolute Gasteiger partial charge is 0.481 e. The molecule has 0 saturated heterocycles. The lowest BCUT2D eigenvalue weighted by Gasteiger charge is -2.03. The normalized spacial score (nSPS) is 9.69. The zero-order valence-corrected chi connectivity index (χ0v) is 9.22. The molecule has 0 aliphatic heterocycles. The maximum absolute atomic E-state index is 11.2. The summed E-state index contributed by atoms with van der Waals surface area (Å²) in [6, 6.07) is 1.38. The van der Waals surface area contributed by atoms with Crippen LogP contribution in [0.3, 0.4) is 0 Å². The van der Waals surface area contributed by atoms with Gasteiger partial charge in [0, 0.05) is 6.07 Å². The second kappa shape index (κ2) is 5.15. The van der Waals surface area contributed by atoms with Gasteiger partial charge in [-0.3, -0.25) is 4.79 Å². The minimum atomic E-state index is -0.595. The lowest BCUT2D eigenvalue weighted by atomic mass is 10.4. The van der Waals surface area contributed by atoms with Gasteiger partial charge in [0.25, 0.3) is 0 Å². The molecule has 0 saturated carbocycles. The third-order valence-electron chi connectivity index (χ3n) is 1.85. The van der Waals surface area contributed by atoms with Crippen LogP contribution in [0.1, 0.15) is 10.5 Å². The standard InChI is InChI=1S/C9H12N2O5/c1-14-7-4-6(9(13)16-3)10-11(7)5-8(12)15-2/h4H,5H2,1-3H3. The molecule has 7 heteroatoms. The van der Waals surface area contributed by atoms with E-state index in [1.165, 1.54) is 32.1 Å². The lowest BCUT2D eigenvalue weighted by Crippen LogP contribution is -2.14. The summed E-state index contributed by atoms with van der Waals surface area (Å²) in [5, 5.41) is 3.86. The first kappa shape index (κ1) is 12.0. The smallest absolute Gasteiger partial charge is 0.358 e. The van der Waals surface area contributed by atoms with Crippen LogP contribution in [0.5, 0.6) is 5.88 Å². The number of ether oxygens (including phenoxy) is 3. The fourth-order valence-corrected chi connectivity index (χ4v) is 1.07. The first-order valence-corrected chi connectivity index (χ1v) is 4.39. The number of carbonyl (C=O) groups is 2. The summed E-state index contributed by atoms with van der Waals surface area (Å²) in [5.74, 6) is -0.800. The Morgan fingerprint density at radius 1 is 1.31 bits per heavy atom. The molecule has 1 aromatic rings. The van der Waals surface area contributed by atoms with Gasteiger partial charge >= 0.3 is 11.9 Å². The van der Waals surface area contributed by atoms with Gasteiger partial charge < -0.3 is 14.2 Å². The van der Waals surface area contributed by atoms with Crippen molar-refractivity contribution in [3.63, 3.8) is 0 Å². The number of rotatable bonds is 4. The first-order valence-electron chi connectivity index (χ1n) is 4.39.